The van der Waals surface area contributed by atoms with E-state index in [4.69, 9.17) is 47.9 Å². The maximum absolute atomic E-state index is 12.8. The highest BCUT2D eigenvalue weighted by atomic mass is 32.3. The fraction of sp³-hybridized carbons (Fsp3) is 0.893. The fourth-order valence-corrected chi connectivity index (χ4v) is 8.54. The minimum atomic E-state index is -5.81. The van der Waals surface area contributed by atoms with Crippen LogP contribution in [0.2, 0.25) is 0 Å². The molecule has 4 heterocycles. The van der Waals surface area contributed by atoms with Crippen LogP contribution in [-0.2, 0) is 106 Å². The van der Waals surface area contributed by atoms with Gasteiger partial charge in [0.1, 0.15) is 79.2 Å². The van der Waals surface area contributed by atoms with Crippen LogP contribution >= 0.6 is 0 Å². The number of nitrogens with one attached hydrogen (secondary N) is 2. The lowest BCUT2D eigenvalue weighted by Gasteiger charge is -2.50. The molecule has 0 aromatic rings. The minimum Gasteiger partial charge on any atom is -0.479 e. The molecule has 4 saturated heterocycles. The summed E-state index contributed by atoms with van der Waals surface area (Å²) in [6, 6.07) is -4.17. The van der Waals surface area contributed by atoms with E-state index < -0.39 is 185 Å². The van der Waals surface area contributed by atoms with Crippen LogP contribution in [0.1, 0.15) is 6.92 Å². The molecule has 4 aliphatic heterocycles. The van der Waals surface area contributed by atoms with Gasteiger partial charge in [-0.3, -0.25) is 18.5 Å². The van der Waals surface area contributed by atoms with Crippen molar-refractivity contribution in [3.8, 4) is 0 Å². The lowest BCUT2D eigenvalue weighted by Crippen LogP contribution is -2.70. The average molecular weight is 1030 g/mol. The largest absolute Gasteiger partial charge is 0.479 e. The molecule has 0 bridgehead atoms. The normalized spacial score (nSPS) is 40.4. The molecule has 0 aliphatic carbocycles. The predicted molar refractivity (Wildman–Crippen MR) is 192 cm³/mol. The third-order valence-electron chi connectivity index (χ3n) is 9.85. The number of hydrogen-bond donors (Lipinski definition) is 13. The number of methoxy groups -OCH3 is 2. The quantitative estimate of drug-likeness (QED) is 0.0288. The van der Waals surface area contributed by atoms with Gasteiger partial charge in [-0.2, -0.15) is 34.9 Å². The number of hydrogen-bond acceptors (Lipinski definition) is 28. The Morgan fingerprint density at radius 3 is 1.67 bits per heavy atom. The number of carboxylic acid groups (broad SMARTS) is 2. The summed E-state index contributed by atoms with van der Waals surface area (Å²) in [6.07, 6.45) is -41.2. The van der Waals surface area contributed by atoms with E-state index in [0.29, 0.717) is 0 Å². The van der Waals surface area contributed by atoms with Gasteiger partial charge in [0.2, 0.25) is 5.91 Å². The van der Waals surface area contributed by atoms with Gasteiger partial charge in [0, 0.05) is 21.1 Å². The zero-order chi connectivity index (χ0) is 49.8. The van der Waals surface area contributed by atoms with Crippen LogP contribution in [0.15, 0.2) is 0 Å². The van der Waals surface area contributed by atoms with E-state index in [1.165, 1.54) is 0 Å². The molecular formula is C28H46N2O33S3. The molecule has 0 saturated carbocycles. The number of carbonyl (C=O) groups excluding carboxylic acids is 1. The Labute approximate surface area is 370 Å². The Kier molecular flexibility index (Phi) is 19.4. The number of carbonyl (C=O) groups is 3. The van der Waals surface area contributed by atoms with Crippen molar-refractivity contribution in [2.24, 2.45) is 0 Å². The summed E-state index contributed by atoms with van der Waals surface area (Å²) in [5.74, 6) is -4.97. The van der Waals surface area contributed by atoms with Crippen molar-refractivity contribution in [1.82, 2.24) is 10.0 Å². The smallest absolute Gasteiger partial charge is 0.397 e. The van der Waals surface area contributed by atoms with Crippen LogP contribution in [-0.4, -0.2) is 248 Å². The number of ether oxygens (including phenoxy) is 9. The summed E-state index contributed by atoms with van der Waals surface area (Å²) >= 11 is 0. The molecule has 1 amide bonds. The van der Waals surface area contributed by atoms with Gasteiger partial charge in [-0.05, 0) is 0 Å². The number of aliphatic carboxylic acids is 2. The highest BCUT2D eigenvalue weighted by molar-refractivity contribution is 7.83. The van der Waals surface area contributed by atoms with Crippen molar-refractivity contribution in [3.05, 3.63) is 0 Å². The zero-order valence-corrected chi connectivity index (χ0v) is 36.0. The predicted octanol–water partition coefficient (Wildman–Crippen LogP) is -8.63. The van der Waals surface area contributed by atoms with Crippen LogP contribution in [0.3, 0.4) is 0 Å². The van der Waals surface area contributed by atoms with E-state index in [1.807, 2.05) is 0 Å². The Morgan fingerprint density at radius 1 is 0.606 bits per heavy atom. The number of carboxylic acids is 2. The molecule has 0 spiro atoms. The molecule has 13 N–H and O–H groups in total. The lowest BCUT2D eigenvalue weighted by molar-refractivity contribution is -0.524. The molecule has 66 heavy (non-hydrogen) atoms. The average Bonchev–Trinajstić information content (AvgIpc) is 3.19. The fourth-order valence-electron chi connectivity index (χ4n) is 7.16. The molecule has 0 radical (unpaired) electrons. The van der Waals surface area contributed by atoms with E-state index in [-0.39, 0.29) is 0 Å². The van der Waals surface area contributed by atoms with E-state index in [1.54, 1.807) is 4.72 Å². The standard InChI is InChI=1S/C28H46N2O33S3/c1-6(32)29-9-11(33)15(56-27-13(35)12(34)18(51-2)21(59-27)23(37)38)8(5-53-65(45,46)47)55-26(9)58-19-14(36)20(62-66(48,49)50)28(60-22(19)24(39)40)57-16-7(4-31)54-25(52-3)10(17(16)61-63-41)30-64(42,43)44/h7-22,25-28,30-31,33-36,41H,4-5H2,1-3H3,(H,29,32)(H,37,38)(H,39,40)(H,42,43,44)(H,45,46,47)(H,48,49,50). The second-order valence-electron chi connectivity index (χ2n) is 14.2. The van der Waals surface area contributed by atoms with Gasteiger partial charge in [-0.25, -0.2) is 23.2 Å². The molecule has 4 aliphatic rings. The highest BCUT2D eigenvalue weighted by Gasteiger charge is 2.59. The van der Waals surface area contributed by atoms with Gasteiger partial charge in [0.25, 0.3) is 0 Å². The molecular weight excluding hydrogens is 988 g/mol. The number of aliphatic hydroxyl groups is 5. The number of rotatable bonds is 21. The SMILES string of the molecule is COC1OC(CO)C(OC2OC(C(=O)O)C(OC3OC(COS(=O)(=O)O)C(OC4OC(C(=O)O)C(OC)C(O)C4O)C(O)C3NC(C)=O)C(O)C2OS(=O)(=O)O)C(OOO)C1NS(=O)(=O)O. The molecule has 0 aromatic heterocycles. The Morgan fingerprint density at radius 2 is 1.17 bits per heavy atom. The van der Waals surface area contributed by atoms with Crippen molar-refractivity contribution in [3.63, 3.8) is 0 Å². The summed E-state index contributed by atoms with van der Waals surface area (Å²) in [5.41, 5.74) is 0. The maximum atomic E-state index is 12.8. The second kappa shape index (κ2) is 22.8. The molecule has 38 heteroatoms. The Hall–Kier alpha value is -2.66. The van der Waals surface area contributed by atoms with Crippen LogP contribution in [0.25, 0.3) is 0 Å². The summed E-state index contributed by atoms with van der Waals surface area (Å²) in [4.78, 5) is 41.8. The van der Waals surface area contributed by atoms with Crippen LogP contribution in [0.5, 0.6) is 0 Å². The summed E-state index contributed by atoms with van der Waals surface area (Å²) in [7, 11) is -14.6. The molecule has 20 unspecified atom stereocenters. The third-order valence-corrected chi connectivity index (χ3v) is 11.3. The van der Waals surface area contributed by atoms with Gasteiger partial charge in [0.15, 0.2) is 43.5 Å². The van der Waals surface area contributed by atoms with E-state index >= 15 is 0 Å². The van der Waals surface area contributed by atoms with Crippen LogP contribution in [0.4, 0.5) is 0 Å². The highest BCUT2D eigenvalue weighted by Crippen LogP contribution is 2.37. The first kappa shape index (κ1) is 55.9. The summed E-state index contributed by atoms with van der Waals surface area (Å²) < 4.78 is 158. The summed E-state index contributed by atoms with van der Waals surface area (Å²) in [5, 5.41) is 89.5. The molecule has 4 rings (SSSR count). The van der Waals surface area contributed by atoms with Gasteiger partial charge < -0.3 is 83.7 Å². The molecule has 384 valence electrons. The van der Waals surface area contributed by atoms with Gasteiger partial charge in [-0.15, -0.1) is 0 Å². The first-order chi connectivity index (χ1) is 30.6. The number of amides is 1. The van der Waals surface area contributed by atoms with Crippen molar-refractivity contribution < 1.29 is 155 Å². The van der Waals surface area contributed by atoms with Crippen molar-refractivity contribution in [2.75, 3.05) is 27.4 Å². The Bertz CT molecular complexity index is 2000. The van der Waals surface area contributed by atoms with Crippen LogP contribution < -0.4 is 10.0 Å². The Balaban J connectivity index is 1.75. The number of aliphatic hydroxyl groups excluding tert-OH is 5. The molecule has 35 nitrogen and oxygen atoms in total. The van der Waals surface area contributed by atoms with Crippen molar-refractivity contribution in [1.29, 1.82) is 0 Å². The van der Waals surface area contributed by atoms with Gasteiger partial charge in [-0.1, -0.05) is 5.04 Å². The first-order valence-electron chi connectivity index (χ1n) is 18.2. The van der Waals surface area contributed by atoms with Crippen LogP contribution in [0, 0.1) is 0 Å². The van der Waals surface area contributed by atoms with E-state index in [2.05, 4.69) is 23.6 Å². The summed E-state index contributed by atoms with van der Waals surface area (Å²) in [6.45, 7) is -1.76. The maximum Gasteiger partial charge on any atom is 0.397 e. The van der Waals surface area contributed by atoms with Gasteiger partial charge >= 0.3 is 43.0 Å². The minimum absolute atomic E-state index is 0.828. The van der Waals surface area contributed by atoms with E-state index in [9.17, 15) is 89.0 Å². The lowest BCUT2D eigenvalue weighted by atomic mass is 9.94. The zero-order valence-electron chi connectivity index (χ0n) is 33.6. The topological polar surface area (TPSA) is 520 Å². The van der Waals surface area contributed by atoms with Crippen molar-refractivity contribution >= 4 is 48.9 Å². The van der Waals surface area contributed by atoms with Crippen molar-refractivity contribution in [2.45, 2.75) is 130 Å². The molecule has 0 aromatic carbocycles. The van der Waals surface area contributed by atoms with E-state index in [0.717, 1.165) is 21.1 Å². The molecule has 20 atom stereocenters. The van der Waals surface area contributed by atoms with Gasteiger partial charge in [0.05, 0.1) is 13.2 Å². The molecule has 4 fully saturated rings. The monoisotopic (exact) mass is 1030 g/mol. The second-order valence-corrected chi connectivity index (χ2v) is 17.5. The third kappa shape index (κ3) is 14.0. The first-order valence-corrected chi connectivity index (χ1v) is 22.4.